The smallest absolute Gasteiger partial charge is 0.550 e. The van der Waals surface area contributed by atoms with Gasteiger partial charge in [0, 0.05) is 19.1 Å². The minimum atomic E-state index is -0.996. The summed E-state index contributed by atoms with van der Waals surface area (Å²) in [5.41, 5.74) is 0. The minimum Gasteiger partial charge on any atom is -0.550 e. The summed E-state index contributed by atoms with van der Waals surface area (Å²) >= 11 is 0. The van der Waals surface area contributed by atoms with Crippen molar-refractivity contribution in [1.29, 1.82) is 0 Å². The summed E-state index contributed by atoms with van der Waals surface area (Å²) in [4.78, 5) is 10.0. The summed E-state index contributed by atoms with van der Waals surface area (Å²) in [6.07, 6.45) is 9.17. The van der Waals surface area contributed by atoms with Gasteiger partial charge in [-0.05, 0) is 19.3 Å². The second-order valence-electron chi connectivity index (χ2n) is 3.29. The summed E-state index contributed by atoms with van der Waals surface area (Å²) < 4.78 is 0. The third kappa shape index (κ3) is 16.8. The number of hydrogen-bond acceptors (Lipinski definition) is 3. The van der Waals surface area contributed by atoms with Crippen molar-refractivity contribution >= 4 is 5.97 Å². The van der Waals surface area contributed by atoms with E-state index in [9.17, 15) is 9.90 Å². The van der Waals surface area contributed by atoms with E-state index in [4.69, 9.17) is 0 Å². The fraction of sp³-hybridized carbons (Fsp3) is 0.727. The molecule has 0 aliphatic heterocycles. The zero-order valence-electron chi connectivity index (χ0n) is 9.92. The number of rotatable bonds is 9. The molecule has 0 atom stereocenters. The van der Waals surface area contributed by atoms with Crippen LogP contribution in [0.2, 0.25) is 0 Å². The molecule has 15 heavy (non-hydrogen) atoms. The van der Waals surface area contributed by atoms with E-state index in [-0.39, 0.29) is 36.0 Å². The zero-order chi connectivity index (χ0) is 10.6. The Balaban J connectivity index is 0. The van der Waals surface area contributed by atoms with Gasteiger partial charge in [0.25, 0.3) is 0 Å². The molecule has 0 aromatic heterocycles. The van der Waals surface area contributed by atoms with Gasteiger partial charge in [0.1, 0.15) is 0 Å². The van der Waals surface area contributed by atoms with Crippen LogP contribution in [0.15, 0.2) is 12.2 Å². The molecule has 0 aromatic rings. The van der Waals surface area contributed by atoms with Crippen molar-refractivity contribution in [3.05, 3.63) is 12.2 Å². The fourth-order valence-electron chi connectivity index (χ4n) is 1.09. The van der Waals surface area contributed by atoms with Crippen LogP contribution in [0, 0.1) is 0 Å². The van der Waals surface area contributed by atoms with Gasteiger partial charge in [0.2, 0.25) is 0 Å². The molecule has 0 fully saturated rings. The van der Waals surface area contributed by atoms with E-state index in [2.05, 4.69) is 18.3 Å². The second-order valence-corrected chi connectivity index (χ2v) is 3.29. The first-order chi connectivity index (χ1) is 6.77. The summed E-state index contributed by atoms with van der Waals surface area (Å²) in [5.74, 6) is -0.996. The van der Waals surface area contributed by atoms with E-state index < -0.39 is 5.97 Å². The first-order valence-corrected chi connectivity index (χ1v) is 5.33. The number of unbranched alkanes of at least 4 members (excludes halogenated alkanes) is 3. The van der Waals surface area contributed by atoms with Crippen molar-refractivity contribution in [1.82, 2.24) is 5.32 Å². The van der Waals surface area contributed by atoms with Crippen LogP contribution in [0.3, 0.4) is 0 Å². The van der Waals surface area contributed by atoms with Crippen LogP contribution in [-0.2, 0) is 4.79 Å². The Morgan fingerprint density at radius 1 is 1.33 bits per heavy atom. The van der Waals surface area contributed by atoms with Gasteiger partial charge >= 0.3 is 29.6 Å². The number of allylic oxidation sites excluding steroid dienone is 1. The molecule has 1 N–H and O–H groups in total. The molecular weight excluding hydrogens is 201 g/mol. The van der Waals surface area contributed by atoms with E-state index in [0.717, 1.165) is 13.0 Å². The van der Waals surface area contributed by atoms with Crippen LogP contribution in [0.5, 0.6) is 0 Å². The van der Waals surface area contributed by atoms with Crippen LogP contribution in [0.4, 0.5) is 0 Å². The van der Waals surface area contributed by atoms with E-state index in [1.807, 2.05) is 6.08 Å². The van der Waals surface area contributed by atoms with Crippen molar-refractivity contribution in [3.8, 4) is 0 Å². The number of carboxylic acid groups (broad SMARTS) is 1. The molecule has 0 rings (SSSR count). The van der Waals surface area contributed by atoms with E-state index in [1.165, 1.54) is 19.3 Å². The number of carbonyl (C=O) groups is 1. The van der Waals surface area contributed by atoms with E-state index >= 15 is 0 Å². The molecule has 3 nitrogen and oxygen atoms in total. The second kappa shape index (κ2) is 14.2. The molecule has 0 aliphatic rings. The van der Waals surface area contributed by atoms with Gasteiger partial charge < -0.3 is 15.2 Å². The molecule has 0 saturated carbocycles. The van der Waals surface area contributed by atoms with Gasteiger partial charge in [-0.15, -0.1) is 0 Å². The predicted octanol–water partition coefficient (Wildman–Crippen LogP) is -2.14. The molecule has 0 heterocycles. The van der Waals surface area contributed by atoms with Crippen LogP contribution in [-0.4, -0.2) is 19.1 Å². The molecule has 0 aliphatic carbocycles. The van der Waals surface area contributed by atoms with E-state index in [1.54, 1.807) is 0 Å². The van der Waals surface area contributed by atoms with Gasteiger partial charge in [-0.2, -0.15) is 0 Å². The zero-order valence-corrected chi connectivity index (χ0v) is 11.9. The maximum absolute atomic E-state index is 10.0. The fourth-order valence-corrected chi connectivity index (χ4v) is 1.09. The Labute approximate surface area is 115 Å². The normalized spacial score (nSPS) is 10.2. The number of hydrogen-bond donors (Lipinski definition) is 1. The van der Waals surface area contributed by atoms with Crippen LogP contribution in [0.25, 0.3) is 0 Å². The van der Waals surface area contributed by atoms with Crippen LogP contribution >= 0.6 is 0 Å². The number of aliphatic carboxylic acids is 1. The maximum Gasteiger partial charge on any atom is 1.00 e. The van der Waals surface area contributed by atoms with Crippen molar-refractivity contribution in [2.45, 2.75) is 39.0 Å². The standard InChI is InChI=1S/C11H21NO2.Na/c1-2-3-4-5-6-7-9-12-10-8-11(13)14;/h6-7,12H,2-5,8-10H2,1H3,(H,13,14);/q;+1/p-1. The molecule has 0 bridgehead atoms. The van der Waals surface area contributed by atoms with Crippen molar-refractivity contribution in [2.24, 2.45) is 0 Å². The maximum atomic E-state index is 10.0. The topological polar surface area (TPSA) is 52.2 Å². The van der Waals surface area contributed by atoms with Crippen LogP contribution in [0.1, 0.15) is 39.0 Å². The average molecular weight is 221 g/mol. The Morgan fingerprint density at radius 3 is 2.67 bits per heavy atom. The minimum absolute atomic E-state index is 0. The van der Waals surface area contributed by atoms with Gasteiger partial charge in [0.15, 0.2) is 0 Å². The first-order valence-electron chi connectivity index (χ1n) is 5.33. The van der Waals surface area contributed by atoms with Gasteiger partial charge in [-0.25, -0.2) is 0 Å². The molecule has 0 saturated heterocycles. The Bertz CT molecular complexity index is 172. The Morgan fingerprint density at radius 2 is 2.07 bits per heavy atom. The quantitative estimate of drug-likeness (QED) is 0.274. The monoisotopic (exact) mass is 221 g/mol. The van der Waals surface area contributed by atoms with Gasteiger partial charge in [0.05, 0.1) is 0 Å². The summed E-state index contributed by atoms with van der Waals surface area (Å²) in [6, 6.07) is 0. The largest absolute Gasteiger partial charge is 1.00 e. The average Bonchev–Trinajstić information content (AvgIpc) is 2.15. The summed E-state index contributed by atoms with van der Waals surface area (Å²) in [6.45, 7) is 3.42. The van der Waals surface area contributed by atoms with Crippen molar-refractivity contribution in [2.75, 3.05) is 13.1 Å². The van der Waals surface area contributed by atoms with E-state index in [0.29, 0.717) is 6.54 Å². The summed E-state index contributed by atoms with van der Waals surface area (Å²) in [5, 5.41) is 13.0. The number of carbonyl (C=O) groups excluding carboxylic acids is 1. The third-order valence-electron chi connectivity index (χ3n) is 1.91. The van der Waals surface area contributed by atoms with Crippen LogP contribution < -0.4 is 40.0 Å². The van der Waals surface area contributed by atoms with Gasteiger partial charge in [-0.1, -0.05) is 31.9 Å². The molecule has 0 unspecified atom stereocenters. The van der Waals surface area contributed by atoms with Crippen molar-refractivity contribution < 1.29 is 39.5 Å². The molecular formula is C11H20NNaO2. The van der Waals surface area contributed by atoms with Crippen molar-refractivity contribution in [3.63, 3.8) is 0 Å². The summed E-state index contributed by atoms with van der Waals surface area (Å²) in [7, 11) is 0. The Hall–Kier alpha value is 0.170. The third-order valence-corrected chi connectivity index (χ3v) is 1.91. The predicted molar refractivity (Wildman–Crippen MR) is 55.8 cm³/mol. The molecule has 0 aromatic carbocycles. The number of carboxylic acids is 1. The first kappa shape index (κ1) is 17.6. The molecule has 0 radical (unpaired) electrons. The van der Waals surface area contributed by atoms with Gasteiger partial charge in [-0.3, -0.25) is 0 Å². The molecule has 0 spiro atoms. The Kier molecular flexibility index (Phi) is 16.6. The molecule has 82 valence electrons. The SMILES string of the molecule is CCCCCC=CCNCCC(=O)[O-].[Na+]. The molecule has 0 amide bonds. The number of nitrogens with one attached hydrogen (secondary N) is 1. The molecule has 4 heteroatoms.